The molecule has 0 amide bonds. The van der Waals surface area contributed by atoms with E-state index >= 15 is 35.1 Å². The van der Waals surface area contributed by atoms with Crippen LogP contribution in [0, 0.1) is 46.5 Å². The van der Waals surface area contributed by atoms with E-state index in [1.165, 1.54) is 0 Å². The molecule has 0 saturated heterocycles. The van der Waals surface area contributed by atoms with Crippen LogP contribution in [0.15, 0.2) is 92.4 Å². The third-order valence-corrected chi connectivity index (χ3v) is 21.5. The summed E-state index contributed by atoms with van der Waals surface area (Å²) < 4.78 is 532. The van der Waals surface area contributed by atoms with Crippen molar-refractivity contribution < 1.29 is 173 Å². The van der Waals surface area contributed by atoms with Crippen LogP contribution in [0.25, 0.3) is 90.9 Å². The maximum Gasteiger partial charge on any atom is 0.453 e. The molecule has 48 heteroatoms. The molecule has 0 aliphatic carbocycles. The molecule has 0 saturated carbocycles. The highest BCUT2D eigenvalue weighted by Crippen LogP contribution is 2.48. The number of hydrogen-bond donors (Lipinski definition) is 2. The van der Waals surface area contributed by atoms with Crippen molar-refractivity contribution in [3.05, 3.63) is 142 Å². The van der Waals surface area contributed by atoms with Crippen LogP contribution in [0.3, 0.4) is 0 Å². The second-order valence-corrected chi connectivity index (χ2v) is 30.1. The second-order valence-electron chi connectivity index (χ2n) is 23.8. The van der Waals surface area contributed by atoms with Gasteiger partial charge in [0.2, 0.25) is 0 Å². The standard InChI is InChI=1S/C64H42F28N4O12S4/c65-29-5-17-41(109(97,98)105-25-1-21-57(73,74)61(81,82)83)53(69)45(29)49-33-9-11-35(93-33)50(46-30(66)6-18-42(54(46)70)110(99,100)106-26-2-22-58(75,76)62(84,85)86)37-13-15-39(95-37)52(48-32(68)8-20-44(56(48)72)112(103,104)108-28-4-24-60(79,80)64(90,91)92)40-16-14-38(96-40)51(36-12-10-34(49)94-36)47-31(67)7-19-43(55(47)71)111(101,102)107-27-3-23-59(77,78)63(87,88)89/h5-20,93,96H,1-4,21-28H2. The zero-order valence-electron chi connectivity index (χ0n) is 54.7. The molecule has 5 heterocycles. The second kappa shape index (κ2) is 31.2. The van der Waals surface area contributed by atoms with Gasteiger partial charge < -0.3 is 9.97 Å². The lowest BCUT2D eigenvalue weighted by atomic mass is 10.0. The first-order valence-electron chi connectivity index (χ1n) is 30.9. The van der Waals surface area contributed by atoms with Gasteiger partial charge in [-0.25, -0.2) is 45.1 Å². The van der Waals surface area contributed by atoms with Crippen LogP contribution in [-0.2, 0) is 57.2 Å². The van der Waals surface area contributed by atoms with E-state index in [1.807, 2.05) is 0 Å². The molecule has 7 aromatic rings. The topological polar surface area (TPSA) is 231 Å². The van der Waals surface area contributed by atoms with E-state index in [0.717, 1.165) is 0 Å². The number of nitrogens with zero attached hydrogens (tertiary/aromatic N) is 2. The minimum absolute atomic E-state index is 0.0829. The molecule has 4 aromatic carbocycles. The molecule has 16 nitrogen and oxygen atoms in total. The van der Waals surface area contributed by atoms with Crippen LogP contribution >= 0.6 is 0 Å². The minimum Gasteiger partial charge on any atom is -0.354 e. The van der Waals surface area contributed by atoms with Crippen molar-refractivity contribution in [3.63, 3.8) is 0 Å². The smallest absolute Gasteiger partial charge is 0.354 e. The summed E-state index contributed by atoms with van der Waals surface area (Å²) in [5.74, 6) is -39.1. The summed E-state index contributed by atoms with van der Waals surface area (Å²) in [7, 11) is -23.5. The average molecular weight is 1720 g/mol. The lowest BCUT2D eigenvalue weighted by Gasteiger charge is -2.19. The van der Waals surface area contributed by atoms with Gasteiger partial charge in [0, 0.05) is 70.0 Å². The number of halogens is 28. The predicted molar refractivity (Wildman–Crippen MR) is 334 cm³/mol. The number of nitrogens with one attached hydrogen (secondary N) is 2. The Hall–Kier alpha value is -8.84. The minimum atomic E-state index is -6.20. The summed E-state index contributed by atoms with van der Waals surface area (Å²) in [5, 5.41) is 0. The van der Waals surface area contributed by atoms with Crippen molar-refractivity contribution in [2.24, 2.45) is 0 Å². The van der Waals surface area contributed by atoms with Crippen molar-refractivity contribution in [1.82, 2.24) is 19.9 Å². The Kier molecular flexibility index (Phi) is 24.2. The summed E-state index contributed by atoms with van der Waals surface area (Å²) in [6.45, 7) is -6.43. The van der Waals surface area contributed by atoms with Gasteiger partial charge >= 0.3 is 48.4 Å². The molecule has 2 N–H and O–H groups in total. The maximum atomic E-state index is 17.6. The molecule has 2 aliphatic heterocycles. The fraction of sp³-hybridized carbons (Fsp3) is 0.312. The molecular weight excluding hydrogens is 1680 g/mol. The van der Waals surface area contributed by atoms with Gasteiger partial charge in [-0.1, -0.05) is 0 Å². The third kappa shape index (κ3) is 17.7. The monoisotopic (exact) mass is 1720 g/mol. The van der Waals surface area contributed by atoms with Crippen LogP contribution in [0.1, 0.15) is 74.1 Å². The Morgan fingerprint density at radius 3 is 0.616 bits per heavy atom. The molecule has 0 fully saturated rings. The first-order chi connectivity index (χ1) is 51.4. The molecule has 0 radical (unpaired) electrons. The first kappa shape index (κ1) is 87.1. The van der Waals surface area contributed by atoms with Crippen LogP contribution < -0.4 is 0 Å². The van der Waals surface area contributed by atoms with E-state index in [-0.39, 0.29) is 48.5 Å². The fourth-order valence-electron chi connectivity index (χ4n) is 10.8. The van der Waals surface area contributed by atoms with Crippen molar-refractivity contribution in [1.29, 1.82) is 0 Å². The number of alkyl halides is 20. The zero-order valence-corrected chi connectivity index (χ0v) is 58.0. The summed E-state index contributed by atoms with van der Waals surface area (Å²) in [6.07, 6.45) is -37.0. The molecule has 2 aliphatic rings. The Bertz CT molecular complexity index is 4920. The molecular formula is C64H42F28N4O12S4. The van der Waals surface area contributed by atoms with Gasteiger partial charge in [0.05, 0.1) is 71.5 Å². The lowest BCUT2D eigenvalue weighted by Crippen LogP contribution is -2.36. The quantitative estimate of drug-likeness (QED) is 0.0264. The average Bonchev–Trinajstić information content (AvgIpc) is 1.54. The van der Waals surface area contributed by atoms with E-state index in [2.05, 4.69) is 36.7 Å². The van der Waals surface area contributed by atoms with E-state index in [9.17, 15) is 121 Å². The van der Waals surface area contributed by atoms with Gasteiger partial charge in [-0.3, -0.25) is 16.7 Å². The van der Waals surface area contributed by atoms with E-state index in [4.69, 9.17) is 0 Å². The first-order valence-corrected chi connectivity index (χ1v) is 36.5. The molecule has 0 atom stereocenters. The van der Waals surface area contributed by atoms with Crippen molar-refractivity contribution in [2.75, 3.05) is 26.4 Å². The molecule has 9 rings (SSSR count). The van der Waals surface area contributed by atoms with E-state index in [1.54, 1.807) is 0 Å². The summed E-state index contributed by atoms with van der Waals surface area (Å²) in [5.41, 5.74) is -20.1. The Balaban J connectivity index is 1.40. The highest BCUT2D eigenvalue weighted by molar-refractivity contribution is 7.87. The van der Waals surface area contributed by atoms with Gasteiger partial charge in [0.15, 0.2) is 23.3 Å². The molecule has 3 aromatic heterocycles. The Morgan fingerprint density at radius 1 is 0.268 bits per heavy atom. The number of rotatable bonds is 28. The zero-order chi connectivity index (χ0) is 83.6. The number of fused-ring (bicyclic) bond motifs is 8. The summed E-state index contributed by atoms with van der Waals surface area (Å²) in [6, 6.07) is 3.26. The van der Waals surface area contributed by atoms with Crippen LogP contribution in [0.5, 0.6) is 0 Å². The molecule has 610 valence electrons. The number of aromatic amines is 2. The highest BCUT2D eigenvalue weighted by atomic mass is 32.2. The molecule has 112 heavy (non-hydrogen) atoms. The lowest BCUT2D eigenvalue weighted by molar-refractivity contribution is -0.284. The van der Waals surface area contributed by atoms with Crippen LogP contribution in [0.2, 0.25) is 0 Å². The number of benzene rings is 4. The van der Waals surface area contributed by atoms with Crippen molar-refractivity contribution in [2.45, 2.75) is 119 Å². The van der Waals surface area contributed by atoms with Gasteiger partial charge in [0.25, 0.3) is 40.5 Å². The Labute approximate surface area is 610 Å². The number of hydrogen-bond acceptors (Lipinski definition) is 14. The third-order valence-electron chi connectivity index (χ3n) is 16.2. The van der Waals surface area contributed by atoms with Gasteiger partial charge in [-0.05, 0) is 123 Å². The van der Waals surface area contributed by atoms with Gasteiger partial charge in [0.1, 0.15) is 42.9 Å². The van der Waals surface area contributed by atoms with Crippen molar-refractivity contribution >= 4 is 86.8 Å². The largest absolute Gasteiger partial charge is 0.453 e. The number of aromatic nitrogens is 4. The fourth-order valence-corrected chi connectivity index (χ4v) is 14.8. The highest BCUT2D eigenvalue weighted by Gasteiger charge is 2.59. The SMILES string of the molecule is O=S(=O)(OCCCC(F)(F)C(F)(F)F)c1ccc(F)c(-c2c3nc(c(-c4c(F)ccc(S(=O)(=O)OCCCC(F)(F)C(F)(F)F)c4F)c4ccc([nH]4)c(-c4c(F)ccc(S(=O)(=O)OCCCC(F)(F)C(F)(F)F)c4F)c4nc(c(-c5c(F)ccc(S(=O)(=O)OCCCC(F)(F)C(F)(F)F)c5F)c5ccc2[nH]5)C=C4)C=C3)c1F. The van der Waals surface area contributed by atoms with Crippen LogP contribution in [-0.4, -0.2) is 128 Å². The summed E-state index contributed by atoms with van der Waals surface area (Å²) >= 11 is 0. The van der Waals surface area contributed by atoms with Crippen LogP contribution in [0.4, 0.5) is 123 Å². The van der Waals surface area contributed by atoms with Crippen molar-refractivity contribution in [3.8, 4) is 44.5 Å². The normalized spacial score (nSPS) is 14.0. The van der Waals surface area contributed by atoms with Gasteiger partial charge in [-0.15, -0.1) is 0 Å². The van der Waals surface area contributed by atoms with E-state index in [0.29, 0.717) is 48.6 Å². The molecule has 0 unspecified atom stereocenters. The molecule has 0 spiro atoms. The summed E-state index contributed by atoms with van der Waals surface area (Å²) in [4.78, 5) is 5.85. The predicted octanol–water partition coefficient (Wildman–Crippen LogP) is 19.2. The molecule has 8 bridgehead atoms. The number of H-pyrrole nitrogens is 2. The van der Waals surface area contributed by atoms with E-state index < -0.39 is 322 Å². The Morgan fingerprint density at radius 2 is 0.446 bits per heavy atom. The van der Waals surface area contributed by atoms with Gasteiger partial charge in [-0.2, -0.15) is 121 Å². The maximum absolute atomic E-state index is 17.6.